The maximum absolute atomic E-state index is 2.51. The summed E-state index contributed by atoms with van der Waals surface area (Å²) < 4.78 is 0. The molecule has 0 spiro atoms. The summed E-state index contributed by atoms with van der Waals surface area (Å²) in [6, 6.07) is 22.7. The van der Waals surface area contributed by atoms with Gasteiger partial charge in [-0.1, -0.05) is 112 Å². The average molecular weight is 357 g/mol. The Bertz CT molecular complexity index is 744. The van der Waals surface area contributed by atoms with Crippen molar-refractivity contribution in [1.82, 2.24) is 0 Å². The van der Waals surface area contributed by atoms with Gasteiger partial charge in [0.05, 0.1) is 0 Å². The van der Waals surface area contributed by atoms with Crippen molar-refractivity contribution in [2.75, 3.05) is 0 Å². The van der Waals surface area contributed by atoms with E-state index in [1.165, 1.54) is 36.8 Å². The number of benzene rings is 2. The van der Waals surface area contributed by atoms with Crippen LogP contribution in [0.5, 0.6) is 0 Å². The van der Waals surface area contributed by atoms with Crippen molar-refractivity contribution in [1.29, 1.82) is 0 Å². The second-order valence-electron chi connectivity index (χ2n) is 8.56. The highest BCUT2D eigenvalue weighted by atomic mass is 14.5. The predicted octanol–water partition coefficient (Wildman–Crippen LogP) is 7.18. The number of hydrogen-bond acceptors (Lipinski definition) is 0. The summed E-state index contributed by atoms with van der Waals surface area (Å²) in [6.45, 7) is 4.82. The molecule has 0 aliphatic heterocycles. The summed E-state index contributed by atoms with van der Waals surface area (Å²) in [6.07, 6.45) is 14.6. The summed E-state index contributed by atoms with van der Waals surface area (Å²) in [5.74, 6) is 2.69. The minimum atomic E-state index is 0.0902. The van der Waals surface area contributed by atoms with Crippen LogP contribution in [0, 0.1) is 23.7 Å². The molecule has 0 heteroatoms. The highest BCUT2D eigenvalue weighted by Gasteiger charge is 2.52. The molecule has 0 N–H and O–H groups in total. The molecule has 1 saturated carbocycles. The second-order valence-corrected chi connectivity index (χ2v) is 8.56. The number of rotatable bonds is 6. The van der Waals surface area contributed by atoms with E-state index in [2.05, 4.69) is 98.8 Å². The van der Waals surface area contributed by atoms with Gasteiger partial charge in [-0.25, -0.2) is 0 Å². The molecule has 4 atom stereocenters. The van der Waals surface area contributed by atoms with Gasteiger partial charge in [-0.15, -0.1) is 0 Å². The lowest BCUT2D eigenvalue weighted by Gasteiger charge is -2.45. The molecule has 0 radical (unpaired) electrons. The lowest BCUT2D eigenvalue weighted by atomic mass is 9.57. The lowest BCUT2D eigenvalue weighted by molar-refractivity contribution is 0.206. The monoisotopic (exact) mass is 356 g/mol. The average Bonchev–Trinajstić information content (AvgIpc) is 3.07. The summed E-state index contributed by atoms with van der Waals surface area (Å²) >= 11 is 0. The third kappa shape index (κ3) is 3.20. The topological polar surface area (TPSA) is 0 Å². The van der Waals surface area contributed by atoms with Crippen molar-refractivity contribution >= 4 is 0 Å². The molecule has 0 bridgehead atoms. The van der Waals surface area contributed by atoms with Crippen molar-refractivity contribution in [3.8, 4) is 0 Å². The second kappa shape index (κ2) is 7.89. The molecule has 2 aromatic carbocycles. The smallest absolute Gasteiger partial charge is 0.0239 e. The summed E-state index contributed by atoms with van der Waals surface area (Å²) in [5.41, 5.74) is 3.10. The van der Waals surface area contributed by atoms with Crippen LogP contribution in [0.3, 0.4) is 0 Å². The van der Waals surface area contributed by atoms with Gasteiger partial charge >= 0.3 is 0 Å². The molecule has 0 aromatic heterocycles. The predicted molar refractivity (Wildman–Crippen MR) is 116 cm³/mol. The van der Waals surface area contributed by atoms with E-state index in [0.717, 1.165) is 0 Å². The molecule has 0 amide bonds. The Hall–Kier alpha value is -2.08. The van der Waals surface area contributed by atoms with Gasteiger partial charge < -0.3 is 0 Å². The fourth-order valence-electron chi connectivity index (χ4n) is 6.00. The highest BCUT2D eigenvalue weighted by Crippen LogP contribution is 2.57. The van der Waals surface area contributed by atoms with Gasteiger partial charge in [0.2, 0.25) is 0 Å². The first kappa shape index (κ1) is 18.3. The van der Waals surface area contributed by atoms with Gasteiger partial charge in [-0.05, 0) is 47.6 Å². The SMILES string of the molecule is CCCCC(c1ccccc1)(c1ccccc1)C1C(C)CC2C=CC=CC21. The Morgan fingerprint density at radius 1 is 0.852 bits per heavy atom. The number of allylic oxidation sites excluding steroid dienone is 4. The van der Waals surface area contributed by atoms with Crippen LogP contribution in [-0.4, -0.2) is 0 Å². The van der Waals surface area contributed by atoms with Crippen molar-refractivity contribution in [3.05, 3.63) is 96.1 Å². The zero-order valence-electron chi connectivity index (χ0n) is 16.7. The molecule has 2 aliphatic rings. The molecule has 0 heterocycles. The Labute approximate surface area is 165 Å². The Morgan fingerprint density at radius 2 is 1.44 bits per heavy atom. The third-order valence-corrected chi connectivity index (χ3v) is 7.04. The summed E-state index contributed by atoms with van der Waals surface area (Å²) in [7, 11) is 0. The van der Waals surface area contributed by atoms with Gasteiger partial charge in [0.15, 0.2) is 0 Å². The molecule has 140 valence electrons. The maximum atomic E-state index is 2.51. The minimum absolute atomic E-state index is 0.0902. The lowest BCUT2D eigenvalue weighted by Crippen LogP contribution is -2.41. The zero-order chi connectivity index (χ0) is 18.7. The summed E-state index contributed by atoms with van der Waals surface area (Å²) in [4.78, 5) is 0. The number of unbranched alkanes of at least 4 members (excludes halogenated alkanes) is 1. The fraction of sp³-hybridized carbons (Fsp3) is 0.407. The normalized spacial score (nSPS) is 26.9. The van der Waals surface area contributed by atoms with Gasteiger partial charge in [0.25, 0.3) is 0 Å². The molecule has 27 heavy (non-hydrogen) atoms. The highest BCUT2D eigenvalue weighted by molar-refractivity contribution is 5.42. The molecule has 0 saturated heterocycles. The van der Waals surface area contributed by atoms with Crippen LogP contribution in [0.1, 0.15) is 50.7 Å². The third-order valence-electron chi connectivity index (χ3n) is 7.04. The van der Waals surface area contributed by atoms with Crippen LogP contribution in [0.15, 0.2) is 85.0 Å². The standard InChI is InChI=1S/C27H32/c1-3-4-19-27(23-14-7-5-8-15-23,24-16-9-6-10-17-24)26-21(2)20-22-13-11-12-18-25(22)26/h5-18,21-22,25-26H,3-4,19-20H2,1-2H3. The van der Waals surface area contributed by atoms with Crippen LogP contribution in [0.4, 0.5) is 0 Å². The molecular formula is C27H32. The molecule has 1 fully saturated rings. The molecule has 4 rings (SSSR count). The van der Waals surface area contributed by atoms with Crippen LogP contribution in [-0.2, 0) is 5.41 Å². The van der Waals surface area contributed by atoms with E-state index >= 15 is 0 Å². The molecule has 2 aliphatic carbocycles. The van der Waals surface area contributed by atoms with Crippen LogP contribution < -0.4 is 0 Å². The molecular weight excluding hydrogens is 324 g/mol. The van der Waals surface area contributed by atoms with Crippen molar-refractivity contribution in [2.24, 2.45) is 23.7 Å². The Morgan fingerprint density at radius 3 is 2.04 bits per heavy atom. The van der Waals surface area contributed by atoms with Crippen molar-refractivity contribution in [3.63, 3.8) is 0 Å². The first-order chi connectivity index (χ1) is 13.3. The van der Waals surface area contributed by atoms with E-state index in [4.69, 9.17) is 0 Å². The van der Waals surface area contributed by atoms with E-state index in [-0.39, 0.29) is 5.41 Å². The fourth-order valence-corrected chi connectivity index (χ4v) is 6.00. The van der Waals surface area contributed by atoms with E-state index in [1.54, 1.807) is 0 Å². The van der Waals surface area contributed by atoms with Crippen molar-refractivity contribution in [2.45, 2.75) is 44.9 Å². The van der Waals surface area contributed by atoms with Gasteiger partial charge in [-0.3, -0.25) is 0 Å². The molecule has 0 nitrogen and oxygen atoms in total. The first-order valence-electron chi connectivity index (χ1n) is 10.7. The number of hydrogen-bond donors (Lipinski definition) is 0. The van der Waals surface area contributed by atoms with E-state index in [1.807, 2.05) is 0 Å². The quantitative estimate of drug-likeness (QED) is 0.514. The largest absolute Gasteiger partial charge is 0.0808 e. The maximum Gasteiger partial charge on any atom is 0.0239 e. The van der Waals surface area contributed by atoms with Gasteiger partial charge in [-0.2, -0.15) is 0 Å². The van der Waals surface area contributed by atoms with Crippen LogP contribution in [0.2, 0.25) is 0 Å². The molecule has 4 unspecified atom stereocenters. The van der Waals surface area contributed by atoms with Gasteiger partial charge in [0, 0.05) is 5.41 Å². The van der Waals surface area contributed by atoms with E-state index in [9.17, 15) is 0 Å². The molecule has 2 aromatic rings. The van der Waals surface area contributed by atoms with Crippen LogP contribution >= 0.6 is 0 Å². The van der Waals surface area contributed by atoms with Crippen molar-refractivity contribution < 1.29 is 0 Å². The summed E-state index contributed by atoms with van der Waals surface area (Å²) in [5, 5.41) is 0. The minimum Gasteiger partial charge on any atom is -0.0808 e. The van der Waals surface area contributed by atoms with Crippen LogP contribution in [0.25, 0.3) is 0 Å². The first-order valence-corrected chi connectivity index (χ1v) is 10.7. The zero-order valence-corrected chi connectivity index (χ0v) is 16.7. The number of fused-ring (bicyclic) bond motifs is 1. The Kier molecular flexibility index (Phi) is 5.34. The van der Waals surface area contributed by atoms with E-state index < -0.39 is 0 Å². The Balaban J connectivity index is 1.92. The van der Waals surface area contributed by atoms with Gasteiger partial charge in [0.1, 0.15) is 0 Å². The van der Waals surface area contributed by atoms with E-state index in [0.29, 0.717) is 23.7 Å².